The first-order valence-electron chi connectivity index (χ1n) is 10.5. The number of nitrogens with one attached hydrogen (secondary N) is 1. The molecule has 2 aromatic rings. The van der Waals surface area contributed by atoms with Gasteiger partial charge in [0.1, 0.15) is 5.75 Å². The number of rotatable bonds is 8. The van der Waals surface area contributed by atoms with Crippen LogP contribution >= 0.6 is 11.6 Å². The molecule has 3 rings (SSSR count). The summed E-state index contributed by atoms with van der Waals surface area (Å²) in [6.07, 6.45) is 1.44. The molecule has 1 atom stereocenters. The van der Waals surface area contributed by atoms with Crippen molar-refractivity contribution >= 4 is 27.5 Å². The van der Waals surface area contributed by atoms with E-state index in [1.165, 1.54) is 4.31 Å². The number of carbonyl (C=O) groups is 1. The smallest absolute Gasteiger partial charge is 0.224 e. The van der Waals surface area contributed by atoms with Crippen LogP contribution in [-0.4, -0.2) is 37.8 Å². The average Bonchev–Trinajstić information content (AvgIpc) is 2.72. The highest BCUT2D eigenvalue weighted by molar-refractivity contribution is 7.88. The van der Waals surface area contributed by atoms with Crippen molar-refractivity contribution < 1.29 is 17.9 Å². The van der Waals surface area contributed by atoms with Crippen LogP contribution in [0.3, 0.4) is 0 Å². The van der Waals surface area contributed by atoms with E-state index < -0.39 is 10.0 Å². The molecular weight excluding hydrogens is 436 g/mol. The maximum absolute atomic E-state index is 12.9. The third kappa shape index (κ3) is 6.95. The normalized spacial score (nSPS) is 17.5. The van der Waals surface area contributed by atoms with Crippen molar-refractivity contribution in [1.29, 1.82) is 0 Å². The molecule has 1 aliphatic heterocycles. The lowest BCUT2D eigenvalue weighted by Gasteiger charge is -2.31. The molecule has 168 valence electrons. The zero-order valence-corrected chi connectivity index (χ0v) is 19.5. The number of carbonyl (C=O) groups excluding carboxylic acids is 1. The zero-order chi connectivity index (χ0) is 22.4. The number of hydrogen-bond donors (Lipinski definition) is 1. The lowest BCUT2D eigenvalue weighted by Crippen LogP contribution is -2.45. The fourth-order valence-corrected chi connectivity index (χ4v) is 5.44. The van der Waals surface area contributed by atoms with E-state index in [1.807, 2.05) is 38.1 Å². The Morgan fingerprint density at radius 3 is 2.61 bits per heavy atom. The average molecular weight is 465 g/mol. The molecule has 0 bridgehead atoms. The van der Waals surface area contributed by atoms with Gasteiger partial charge in [0.25, 0.3) is 0 Å². The van der Waals surface area contributed by atoms with Crippen molar-refractivity contribution in [1.82, 2.24) is 9.62 Å². The van der Waals surface area contributed by atoms with Gasteiger partial charge in [-0.15, -0.1) is 0 Å². The molecule has 1 heterocycles. The molecule has 0 aliphatic carbocycles. The van der Waals surface area contributed by atoms with Crippen LogP contribution in [0, 0.1) is 5.92 Å². The van der Waals surface area contributed by atoms with Gasteiger partial charge in [-0.05, 0) is 62.1 Å². The monoisotopic (exact) mass is 464 g/mol. The van der Waals surface area contributed by atoms with Gasteiger partial charge in [0.05, 0.1) is 17.8 Å². The summed E-state index contributed by atoms with van der Waals surface area (Å²) in [4.78, 5) is 12.7. The van der Waals surface area contributed by atoms with E-state index in [1.54, 1.807) is 24.3 Å². The standard InChI is InChI=1S/C23H29ClN2O4S/c1-17(2)30-22-10-8-18(9-11-22)14-25-23(27)20-6-4-12-26(15-20)31(28,29)16-19-5-3-7-21(24)13-19/h3,5,7-11,13,17,20H,4,6,12,14-16H2,1-2H3,(H,25,27). The lowest BCUT2D eigenvalue weighted by atomic mass is 9.99. The summed E-state index contributed by atoms with van der Waals surface area (Å²) < 4.78 is 32.8. The fourth-order valence-electron chi connectivity index (χ4n) is 3.63. The molecule has 31 heavy (non-hydrogen) atoms. The van der Waals surface area contributed by atoms with Crippen LogP contribution in [-0.2, 0) is 27.1 Å². The molecule has 0 radical (unpaired) electrons. The molecule has 0 spiro atoms. The van der Waals surface area contributed by atoms with Crippen molar-refractivity contribution in [3.05, 3.63) is 64.7 Å². The Morgan fingerprint density at radius 1 is 1.19 bits per heavy atom. The van der Waals surface area contributed by atoms with Crippen LogP contribution in [0.5, 0.6) is 5.75 Å². The van der Waals surface area contributed by atoms with Gasteiger partial charge in [-0.1, -0.05) is 35.9 Å². The number of nitrogens with zero attached hydrogens (tertiary/aromatic N) is 1. The van der Waals surface area contributed by atoms with Gasteiger partial charge in [-0.25, -0.2) is 12.7 Å². The predicted octanol–water partition coefficient (Wildman–Crippen LogP) is 3.99. The number of hydrogen-bond acceptors (Lipinski definition) is 4. The Hall–Kier alpha value is -2.09. The molecule has 6 nitrogen and oxygen atoms in total. The number of ether oxygens (including phenoxy) is 1. The highest BCUT2D eigenvalue weighted by Crippen LogP contribution is 2.23. The van der Waals surface area contributed by atoms with Gasteiger partial charge in [-0.3, -0.25) is 4.79 Å². The minimum absolute atomic E-state index is 0.106. The molecule has 0 saturated carbocycles. The Labute approximate surface area is 189 Å². The first-order valence-corrected chi connectivity index (χ1v) is 12.5. The van der Waals surface area contributed by atoms with E-state index in [0.29, 0.717) is 36.5 Å². The van der Waals surface area contributed by atoms with Gasteiger partial charge in [0.2, 0.25) is 15.9 Å². The van der Waals surface area contributed by atoms with Gasteiger partial charge in [0, 0.05) is 24.7 Å². The zero-order valence-electron chi connectivity index (χ0n) is 17.9. The lowest BCUT2D eigenvalue weighted by molar-refractivity contribution is -0.126. The van der Waals surface area contributed by atoms with E-state index in [9.17, 15) is 13.2 Å². The third-order valence-electron chi connectivity index (χ3n) is 5.15. The van der Waals surface area contributed by atoms with Gasteiger partial charge >= 0.3 is 0 Å². The van der Waals surface area contributed by atoms with Crippen molar-refractivity contribution in [2.24, 2.45) is 5.92 Å². The highest BCUT2D eigenvalue weighted by atomic mass is 35.5. The van der Waals surface area contributed by atoms with E-state index in [2.05, 4.69) is 5.32 Å². The second-order valence-corrected chi connectivity index (χ2v) is 10.5. The first-order chi connectivity index (χ1) is 14.7. The van der Waals surface area contributed by atoms with E-state index >= 15 is 0 Å². The van der Waals surface area contributed by atoms with E-state index in [-0.39, 0.29) is 30.2 Å². The Balaban J connectivity index is 1.55. The van der Waals surface area contributed by atoms with Crippen LogP contribution in [0.1, 0.15) is 37.8 Å². The predicted molar refractivity (Wildman–Crippen MR) is 122 cm³/mol. The molecular formula is C23H29ClN2O4S. The van der Waals surface area contributed by atoms with Crippen LogP contribution in [0.15, 0.2) is 48.5 Å². The molecule has 1 unspecified atom stereocenters. The number of amides is 1. The number of sulfonamides is 1. The van der Waals surface area contributed by atoms with Crippen molar-refractivity contribution in [3.8, 4) is 5.75 Å². The van der Waals surface area contributed by atoms with Gasteiger partial charge in [-0.2, -0.15) is 0 Å². The van der Waals surface area contributed by atoms with Crippen LogP contribution < -0.4 is 10.1 Å². The number of piperidine rings is 1. The quantitative estimate of drug-likeness (QED) is 0.641. The fraction of sp³-hybridized carbons (Fsp3) is 0.435. The summed E-state index contributed by atoms with van der Waals surface area (Å²) in [5.74, 6) is 0.196. The van der Waals surface area contributed by atoms with Gasteiger partial charge in [0.15, 0.2) is 0 Å². The third-order valence-corrected chi connectivity index (χ3v) is 7.20. The van der Waals surface area contributed by atoms with Crippen molar-refractivity contribution in [2.75, 3.05) is 13.1 Å². The highest BCUT2D eigenvalue weighted by Gasteiger charge is 2.32. The van der Waals surface area contributed by atoms with Gasteiger partial charge < -0.3 is 10.1 Å². The summed E-state index contributed by atoms with van der Waals surface area (Å²) in [6, 6.07) is 14.4. The van der Waals surface area contributed by atoms with Crippen molar-refractivity contribution in [2.45, 2.75) is 45.1 Å². The SMILES string of the molecule is CC(C)Oc1ccc(CNC(=O)C2CCCN(S(=O)(=O)Cc3cccc(Cl)c3)C2)cc1. The molecule has 0 aromatic heterocycles. The minimum atomic E-state index is -3.52. The summed E-state index contributed by atoms with van der Waals surface area (Å²) in [6.45, 7) is 4.97. The van der Waals surface area contributed by atoms with E-state index in [4.69, 9.17) is 16.3 Å². The molecule has 1 N–H and O–H groups in total. The molecule has 1 saturated heterocycles. The second-order valence-electron chi connectivity index (χ2n) is 8.11. The first kappa shape index (κ1) is 23.6. The summed E-state index contributed by atoms with van der Waals surface area (Å²) in [5.41, 5.74) is 1.61. The summed E-state index contributed by atoms with van der Waals surface area (Å²) >= 11 is 5.97. The minimum Gasteiger partial charge on any atom is -0.491 e. The number of benzene rings is 2. The Morgan fingerprint density at radius 2 is 1.94 bits per heavy atom. The largest absolute Gasteiger partial charge is 0.491 e. The summed E-state index contributed by atoms with van der Waals surface area (Å²) in [7, 11) is -3.52. The maximum Gasteiger partial charge on any atom is 0.224 e. The van der Waals surface area contributed by atoms with Crippen molar-refractivity contribution in [3.63, 3.8) is 0 Å². The second kappa shape index (κ2) is 10.5. The molecule has 1 aliphatic rings. The summed E-state index contributed by atoms with van der Waals surface area (Å²) in [5, 5.41) is 3.45. The molecule has 1 fully saturated rings. The molecule has 2 aromatic carbocycles. The Kier molecular flexibility index (Phi) is 7.97. The Bertz CT molecular complexity index is 993. The van der Waals surface area contributed by atoms with E-state index in [0.717, 1.165) is 11.3 Å². The molecule has 1 amide bonds. The maximum atomic E-state index is 12.9. The molecule has 8 heteroatoms. The van der Waals surface area contributed by atoms with Crippen LogP contribution in [0.25, 0.3) is 0 Å². The van der Waals surface area contributed by atoms with Crippen LogP contribution in [0.2, 0.25) is 5.02 Å². The topological polar surface area (TPSA) is 75.7 Å². The van der Waals surface area contributed by atoms with Crippen LogP contribution in [0.4, 0.5) is 0 Å². The number of halogens is 1.